The third kappa shape index (κ3) is 8.71. The van der Waals surface area contributed by atoms with Crippen LogP contribution in [-0.2, 0) is 14.3 Å². The van der Waals surface area contributed by atoms with Crippen LogP contribution in [0.2, 0.25) is 0 Å². The Hall–Kier alpha value is -1.83. The van der Waals surface area contributed by atoms with Crippen LogP contribution in [0.5, 0.6) is 0 Å². The van der Waals surface area contributed by atoms with Crippen molar-refractivity contribution >= 4 is 18.2 Å². The lowest BCUT2D eigenvalue weighted by Gasteiger charge is -2.33. The third-order valence-corrected chi connectivity index (χ3v) is 2.47. The third-order valence-electron chi connectivity index (χ3n) is 2.47. The fourth-order valence-corrected chi connectivity index (χ4v) is 1.71. The summed E-state index contributed by atoms with van der Waals surface area (Å²) in [4.78, 5) is 36.7. The van der Waals surface area contributed by atoms with Crippen molar-refractivity contribution in [1.29, 1.82) is 0 Å². The van der Waals surface area contributed by atoms with E-state index in [-0.39, 0.29) is 6.42 Å². The average Bonchev–Trinajstić information content (AvgIpc) is 2.20. The molecular weight excluding hydrogens is 318 g/mol. The van der Waals surface area contributed by atoms with Crippen LogP contribution in [0.3, 0.4) is 0 Å². The van der Waals surface area contributed by atoms with Gasteiger partial charge in [0.05, 0.1) is 5.60 Å². The predicted octanol–water partition coefficient (Wildman–Crippen LogP) is 2.77. The quantitative estimate of drug-likeness (QED) is 0.803. The molecule has 0 heterocycles. The van der Waals surface area contributed by atoms with E-state index in [1.165, 1.54) is 13.8 Å². The van der Waals surface area contributed by atoms with Gasteiger partial charge in [0.15, 0.2) is 0 Å². The average molecular weight is 347 g/mol. The fraction of sp³-hybridized carbons (Fsp3) is 0.812. The van der Waals surface area contributed by atoms with Crippen LogP contribution in [-0.4, -0.2) is 56.1 Å². The maximum absolute atomic E-state index is 12.4. The lowest BCUT2D eigenvalue weighted by molar-refractivity contribution is -0.145. The number of hydrogen-bond acceptors (Lipinski definition) is 6. The SMILES string of the molecule is CC(C)(O)CC(C(=O)O)N(C(=O)OC(C)(C)C)C(=O)OC(C)(C)C. The smallest absolute Gasteiger partial charge is 0.420 e. The van der Waals surface area contributed by atoms with Gasteiger partial charge in [0, 0.05) is 6.42 Å². The van der Waals surface area contributed by atoms with Crippen LogP contribution in [0.4, 0.5) is 9.59 Å². The molecule has 0 aliphatic carbocycles. The van der Waals surface area contributed by atoms with Gasteiger partial charge in [-0.1, -0.05) is 0 Å². The van der Waals surface area contributed by atoms with Gasteiger partial charge in [-0.2, -0.15) is 4.90 Å². The van der Waals surface area contributed by atoms with E-state index in [1.54, 1.807) is 41.5 Å². The van der Waals surface area contributed by atoms with Crippen LogP contribution >= 0.6 is 0 Å². The minimum absolute atomic E-state index is 0.374. The second kappa shape index (κ2) is 7.38. The van der Waals surface area contributed by atoms with Gasteiger partial charge in [-0.05, 0) is 55.4 Å². The molecule has 140 valence electrons. The van der Waals surface area contributed by atoms with E-state index < -0.39 is 41.0 Å². The van der Waals surface area contributed by atoms with Crippen molar-refractivity contribution in [2.24, 2.45) is 0 Å². The van der Waals surface area contributed by atoms with Crippen molar-refractivity contribution in [3.05, 3.63) is 0 Å². The van der Waals surface area contributed by atoms with Crippen LogP contribution in [0.25, 0.3) is 0 Å². The van der Waals surface area contributed by atoms with Crippen LogP contribution in [0, 0.1) is 0 Å². The number of carbonyl (C=O) groups is 3. The van der Waals surface area contributed by atoms with Crippen molar-refractivity contribution in [2.75, 3.05) is 0 Å². The summed E-state index contributed by atoms with van der Waals surface area (Å²) < 4.78 is 10.2. The number of ether oxygens (including phenoxy) is 2. The summed E-state index contributed by atoms with van der Waals surface area (Å²) in [6.07, 6.45) is -2.66. The predicted molar refractivity (Wildman–Crippen MR) is 86.6 cm³/mol. The number of aliphatic carboxylic acids is 1. The Morgan fingerprint density at radius 1 is 0.875 bits per heavy atom. The summed E-state index contributed by atoms with van der Waals surface area (Å²) in [7, 11) is 0. The van der Waals surface area contributed by atoms with Gasteiger partial charge in [-0.25, -0.2) is 14.4 Å². The van der Waals surface area contributed by atoms with E-state index in [1.807, 2.05) is 0 Å². The molecule has 0 aliphatic rings. The number of nitrogens with zero attached hydrogens (tertiary/aromatic N) is 1. The first-order chi connectivity index (χ1) is 10.4. The normalized spacial score (nSPS) is 13.9. The molecular formula is C16H29NO7. The van der Waals surface area contributed by atoms with Crippen molar-refractivity contribution in [3.8, 4) is 0 Å². The first-order valence-corrected chi connectivity index (χ1v) is 7.63. The monoisotopic (exact) mass is 347 g/mol. The summed E-state index contributed by atoms with van der Waals surface area (Å²) in [5.41, 5.74) is -3.30. The number of carboxylic acid groups (broad SMARTS) is 1. The van der Waals surface area contributed by atoms with E-state index in [2.05, 4.69) is 0 Å². The standard InChI is InChI=1S/C16H29NO7/c1-14(2,3)23-12(20)17(13(21)24-15(4,5)6)10(11(18)19)9-16(7,8)22/h10,22H,9H2,1-8H3,(H,18,19). The van der Waals surface area contributed by atoms with Crippen molar-refractivity contribution in [2.45, 2.75) is 84.7 Å². The largest absolute Gasteiger partial charge is 0.480 e. The molecule has 2 amide bonds. The molecule has 0 radical (unpaired) electrons. The van der Waals surface area contributed by atoms with Crippen LogP contribution < -0.4 is 0 Å². The number of rotatable bonds is 4. The molecule has 0 saturated heterocycles. The van der Waals surface area contributed by atoms with Crippen molar-refractivity contribution in [3.63, 3.8) is 0 Å². The molecule has 2 N–H and O–H groups in total. The summed E-state index contributed by atoms with van der Waals surface area (Å²) in [6.45, 7) is 12.3. The van der Waals surface area contributed by atoms with Gasteiger partial charge in [-0.3, -0.25) is 0 Å². The highest BCUT2D eigenvalue weighted by molar-refractivity contribution is 5.93. The Morgan fingerprint density at radius 2 is 1.21 bits per heavy atom. The Morgan fingerprint density at radius 3 is 1.42 bits per heavy atom. The molecule has 0 aromatic carbocycles. The van der Waals surface area contributed by atoms with Gasteiger partial charge < -0.3 is 19.7 Å². The topological polar surface area (TPSA) is 113 Å². The maximum Gasteiger partial charge on any atom is 0.420 e. The molecule has 0 aromatic rings. The molecule has 0 aliphatic heterocycles. The van der Waals surface area contributed by atoms with Crippen LogP contribution in [0.15, 0.2) is 0 Å². The minimum Gasteiger partial charge on any atom is -0.480 e. The summed E-state index contributed by atoms with van der Waals surface area (Å²) >= 11 is 0. The first kappa shape index (κ1) is 22.2. The Labute approximate surface area is 142 Å². The van der Waals surface area contributed by atoms with E-state index in [9.17, 15) is 24.6 Å². The van der Waals surface area contributed by atoms with Gasteiger partial charge in [0.2, 0.25) is 0 Å². The Bertz CT molecular complexity index is 452. The highest BCUT2D eigenvalue weighted by Crippen LogP contribution is 2.22. The lowest BCUT2D eigenvalue weighted by atomic mass is 9.98. The van der Waals surface area contributed by atoms with E-state index in [0.717, 1.165) is 0 Å². The van der Waals surface area contributed by atoms with Crippen LogP contribution in [0.1, 0.15) is 61.8 Å². The van der Waals surface area contributed by atoms with E-state index in [0.29, 0.717) is 4.90 Å². The fourth-order valence-electron chi connectivity index (χ4n) is 1.71. The van der Waals surface area contributed by atoms with Gasteiger partial charge in [-0.15, -0.1) is 0 Å². The highest BCUT2D eigenvalue weighted by Gasteiger charge is 2.42. The molecule has 0 bridgehead atoms. The summed E-state index contributed by atoms with van der Waals surface area (Å²) in [5, 5.41) is 19.4. The molecule has 0 saturated carbocycles. The molecule has 24 heavy (non-hydrogen) atoms. The van der Waals surface area contributed by atoms with Gasteiger partial charge in [0.25, 0.3) is 0 Å². The number of amides is 2. The molecule has 0 spiro atoms. The molecule has 8 nitrogen and oxygen atoms in total. The number of aliphatic hydroxyl groups is 1. The first-order valence-electron chi connectivity index (χ1n) is 7.63. The number of carboxylic acids is 1. The Balaban J connectivity index is 5.76. The minimum atomic E-state index is -1.63. The zero-order valence-corrected chi connectivity index (χ0v) is 15.7. The lowest BCUT2D eigenvalue weighted by Crippen LogP contribution is -2.53. The highest BCUT2D eigenvalue weighted by atomic mass is 16.6. The number of imide groups is 1. The molecule has 0 aromatic heterocycles. The van der Waals surface area contributed by atoms with E-state index in [4.69, 9.17) is 9.47 Å². The maximum atomic E-state index is 12.4. The second-order valence-electron chi connectivity index (χ2n) is 8.20. The van der Waals surface area contributed by atoms with Crippen molar-refractivity contribution < 1.29 is 34.1 Å². The van der Waals surface area contributed by atoms with E-state index >= 15 is 0 Å². The Kier molecular flexibility index (Phi) is 6.81. The molecule has 1 unspecified atom stereocenters. The van der Waals surface area contributed by atoms with Gasteiger partial charge >= 0.3 is 18.2 Å². The van der Waals surface area contributed by atoms with Crippen molar-refractivity contribution in [1.82, 2.24) is 4.90 Å². The molecule has 8 heteroatoms. The number of hydrogen-bond donors (Lipinski definition) is 2. The molecule has 1 atom stereocenters. The summed E-state index contributed by atoms with van der Waals surface area (Å²) in [5.74, 6) is -1.45. The molecule has 0 rings (SSSR count). The van der Waals surface area contributed by atoms with Gasteiger partial charge in [0.1, 0.15) is 17.2 Å². The zero-order valence-electron chi connectivity index (χ0n) is 15.7. The molecule has 0 fully saturated rings. The zero-order chi connectivity index (χ0) is 19.5. The summed E-state index contributed by atoms with van der Waals surface area (Å²) in [6, 6.07) is -1.63. The second-order valence-corrected chi connectivity index (χ2v) is 8.20. The number of carbonyl (C=O) groups excluding carboxylic acids is 2.